The molecule has 1 unspecified atom stereocenters. The summed E-state index contributed by atoms with van der Waals surface area (Å²) < 4.78 is 31.3. The molecule has 0 aliphatic rings. The van der Waals surface area contributed by atoms with E-state index >= 15 is 0 Å². The van der Waals surface area contributed by atoms with Crippen LogP contribution >= 0.6 is 0 Å². The van der Waals surface area contributed by atoms with Gasteiger partial charge in [0, 0.05) is 23.4 Å². The van der Waals surface area contributed by atoms with Crippen molar-refractivity contribution in [2.75, 3.05) is 38.2 Å². The van der Waals surface area contributed by atoms with Crippen LogP contribution in [0.3, 0.4) is 0 Å². The van der Waals surface area contributed by atoms with Crippen molar-refractivity contribution in [2.24, 2.45) is 0 Å². The van der Waals surface area contributed by atoms with Crippen LogP contribution in [0.1, 0.15) is 28.9 Å². The van der Waals surface area contributed by atoms with Gasteiger partial charge in [0.2, 0.25) is 10.0 Å². The largest absolute Gasteiger partial charge is 0.496 e. The van der Waals surface area contributed by atoms with Crippen LogP contribution in [0, 0.1) is 0 Å². The molecule has 0 radical (unpaired) electrons. The van der Waals surface area contributed by atoms with Crippen molar-refractivity contribution in [1.82, 2.24) is 10.2 Å². The molecule has 1 amide bonds. The Labute approximate surface area is 166 Å². The summed E-state index contributed by atoms with van der Waals surface area (Å²) in [6.07, 6.45) is 0. The summed E-state index contributed by atoms with van der Waals surface area (Å²) in [6.45, 7) is 1.93. The summed E-state index contributed by atoms with van der Waals surface area (Å²) in [5.41, 5.74) is 1.72. The van der Waals surface area contributed by atoms with Crippen LogP contribution in [0.15, 0.2) is 48.5 Å². The zero-order valence-corrected chi connectivity index (χ0v) is 17.4. The molecule has 7 nitrogen and oxygen atoms in total. The minimum Gasteiger partial charge on any atom is -0.496 e. The number of nitrogens with zero attached hydrogens (tertiary/aromatic N) is 1. The molecule has 0 heterocycles. The first-order chi connectivity index (χ1) is 13.3. The Morgan fingerprint density at radius 3 is 2.50 bits per heavy atom. The van der Waals surface area contributed by atoms with Gasteiger partial charge >= 0.3 is 0 Å². The van der Waals surface area contributed by atoms with Crippen LogP contribution in [-0.2, 0) is 10.0 Å². The molecule has 2 N–H and O–H groups in total. The molecule has 152 valence electrons. The van der Waals surface area contributed by atoms with Gasteiger partial charge in [0.15, 0.2) is 0 Å². The number of nitrogens with one attached hydrogen (secondary N) is 2. The van der Waals surface area contributed by atoms with Crippen LogP contribution in [-0.4, -0.2) is 52.7 Å². The zero-order chi connectivity index (χ0) is 20.7. The number of hydrogen-bond donors (Lipinski definition) is 2. The summed E-state index contributed by atoms with van der Waals surface area (Å²) in [4.78, 5) is 14.6. The van der Waals surface area contributed by atoms with Gasteiger partial charge in [-0.05, 0) is 45.3 Å². The molecule has 2 aromatic rings. The number of carbonyl (C=O) groups is 1. The number of anilines is 1. The summed E-state index contributed by atoms with van der Waals surface area (Å²) in [7, 11) is 2.09. The summed E-state index contributed by atoms with van der Waals surface area (Å²) in [5.74, 6) is 0.443. The molecular weight excluding hydrogens is 378 g/mol. The van der Waals surface area contributed by atoms with Crippen molar-refractivity contribution in [1.29, 1.82) is 0 Å². The predicted octanol–water partition coefficient (Wildman–Crippen LogP) is 2.49. The van der Waals surface area contributed by atoms with Gasteiger partial charge in [-0.25, -0.2) is 8.42 Å². The lowest BCUT2D eigenvalue weighted by Gasteiger charge is -2.26. The molecule has 0 saturated carbocycles. The second-order valence-corrected chi connectivity index (χ2v) is 8.53. The highest BCUT2D eigenvalue weighted by atomic mass is 32.2. The van der Waals surface area contributed by atoms with Crippen molar-refractivity contribution in [2.45, 2.75) is 13.0 Å². The zero-order valence-electron chi connectivity index (χ0n) is 16.6. The Bertz CT molecular complexity index is 913. The number of likely N-dealkylation sites (N-methyl/N-ethyl adjacent to an activating group) is 1. The molecule has 2 aromatic carbocycles. The van der Waals surface area contributed by atoms with Gasteiger partial charge in [-0.2, -0.15) is 0 Å². The number of hydrogen-bond acceptors (Lipinski definition) is 5. The van der Waals surface area contributed by atoms with E-state index < -0.39 is 10.0 Å². The molecule has 0 bridgehead atoms. The first kappa shape index (κ1) is 21.7. The highest BCUT2D eigenvalue weighted by Crippen LogP contribution is 2.27. The van der Waals surface area contributed by atoms with Crippen molar-refractivity contribution in [3.63, 3.8) is 0 Å². The predicted molar refractivity (Wildman–Crippen MR) is 111 cm³/mol. The Hall–Kier alpha value is -2.58. The number of methoxy groups -OCH3 is 1. The van der Waals surface area contributed by atoms with Crippen LogP contribution in [0.4, 0.5) is 5.69 Å². The molecule has 0 spiro atoms. The van der Waals surface area contributed by atoms with Crippen molar-refractivity contribution in [3.05, 3.63) is 59.7 Å². The lowest BCUT2D eigenvalue weighted by Crippen LogP contribution is -2.34. The van der Waals surface area contributed by atoms with Gasteiger partial charge in [0.05, 0.1) is 18.9 Å². The standard InChI is InChI=1S/C20H27N3O4S/c1-5-28(25,26)22-16-10-8-9-15(13-16)20(24)21-14-18(23(2)3)17-11-6-7-12-19(17)27-4/h6-13,18,22H,5,14H2,1-4H3,(H,21,24). The van der Waals surface area contributed by atoms with Gasteiger partial charge in [-0.1, -0.05) is 24.3 Å². The Kier molecular flexibility index (Phi) is 7.42. The minimum absolute atomic E-state index is 0.0349. The van der Waals surface area contributed by atoms with E-state index in [1.807, 2.05) is 43.3 Å². The average Bonchev–Trinajstić information content (AvgIpc) is 2.68. The maximum atomic E-state index is 12.6. The van der Waals surface area contributed by atoms with E-state index in [1.54, 1.807) is 32.2 Å². The number of rotatable bonds is 9. The van der Waals surface area contributed by atoms with Crippen molar-refractivity contribution in [3.8, 4) is 5.75 Å². The van der Waals surface area contributed by atoms with E-state index in [4.69, 9.17) is 4.74 Å². The van der Waals surface area contributed by atoms with E-state index in [-0.39, 0.29) is 17.7 Å². The first-order valence-corrected chi connectivity index (χ1v) is 10.6. The topological polar surface area (TPSA) is 87.7 Å². The molecule has 8 heteroatoms. The van der Waals surface area contributed by atoms with Crippen LogP contribution < -0.4 is 14.8 Å². The second-order valence-electron chi connectivity index (χ2n) is 6.52. The van der Waals surface area contributed by atoms with E-state index in [1.165, 1.54) is 6.07 Å². The van der Waals surface area contributed by atoms with Crippen LogP contribution in [0.5, 0.6) is 5.75 Å². The molecular formula is C20H27N3O4S. The number of benzene rings is 2. The molecule has 0 saturated heterocycles. The normalized spacial score (nSPS) is 12.5. The molecule has 0 aromatic heterocycles. The smallest absolute Gasteiger partial charge is 0.251 e. The Morgan fingerprint density at radius 2 is 1.86 bits per heavy atom. The fraction of sp³-hybridized carbons (Fsp3) is 0.350. The maximum absolute atomic E-state index is 12.6. The second kappa shape index (κ2) is 9.57. The Morgan fingerprint density at radius 1 is 1.14 bits per heavy atom. The minimum atomic E-state index is -3.40. The summed E-state index contributed by atoms with van der Waals surface area (Å²) in [5, 5.41) is 2.92. The summed E-state index contributed by atoms with van der Waals surface area (Å²) >= 11 is 0. The molecule has 0 aliphatic carbocycles. The van der Waals surface area contributed by atoms with Crippen LogP contribution in [0.2, 0.25) is 0 Å². The van der Waals surface area contributed by atoms with Gasteiger partial charge in [0.1, 0.15) is 5.75 Å². The highest BCUT2D eigenvalue weighted by molar-refractivity contribution is 7.92. The fourth-order valence-corrected chi connectivity index (χ4v) is 3.41. The first-order valence-electron chi connectivity index (χ1n) is 8.95. The number of carbonyl (C=O) groups excluding carboxylic acids is 1. The third kappa shape index (κ3) is 5.71. The van der Waals surface area contributed by atoms with Gasteiger partial charge in [0.25, 0.3) is 5.91 Å². The average molecular weight is 406 g/mol. The Balaban J connectivity index is 2.13. The van der Waals surface area contributed by atoms with Crippen molar-refractivity contribution >= 4 is 21.6 Å². The molecule has 0 aliphatic heterocycles. The van der Waals surface area contributed by atoms with E-state index in [9.17, 15) is 13.2 Å². The number of sulfonamides is 1. The maximum Gasteiger partial charge on any atom is 0.251 e. The molecule has 0 fully saturated rings. The van der Waals surface area contributed by atoms with Gasteiger partial charge in [-0.3, -0.25) is 9.52 Å². The van der Waals surface area contributed by atoms with E-state index in [2.05, 4.69) is 10.0 Å². The van der Waals surface area contributed by atoms with E-state index in [0.29, 0.717) is 17.8 Å². The molecule has 2 rings (SSSR count). The third-order valence-electron chi connectivity index (χ3n) is 4.36. The fourth-order valence-electron chi connectivity index (χ4n) is 2.78. The number of ether oxygens (including phenoxy) is 1. The third-order valence-corrected chi connectivity index (χ3v) is 5.66. The van der Waals surface area contributed by atoms with Crippen molar-refractivity contribution < 1.29 is 17.9 Å². The lowest BCUT2D eigenvalue weighted by molar-refractivity contribution is 0.0941. The van der Waals surface area contributed by atoms with Crippen LogP contribution in [0.25, 0.3) is 0 Å². The monoisotopic (exact) mass is 405 g/mol. The van der Waals surface area contributed by atoms with Gasteiger partial charge < -0.3 is 15.0 Å². The molecule has 28 heavy (non-hydrogen) atoms. The summed E-state index contributed by atoms with van der Waals surface area (Å²) in [6, 6.07) is 14.0. The SMILES string of the molecule is CCS(=O)(=O)Nc1cccc(C(=O)NCC(c2ccccc2OC)N(C)C)c1. The number of para-hydroxylation sites is 1. The highest BCUT2D eigenvalue weighted by Gasteiger charge is 2.19. The lowest BCUT2D eigenvalue weighted by atomic mass is 10.0. The molecule has 1 atom stereocenters. The van der Waals surface area contributed by atoms with E-state index in [0.717, 1.165) is 11.3 Å². The quantitative estimate of drug-likeness (QED) is 0.669. The number of amides is 1. The van der Waals surface area contributed by atoms with Gasteiger partial charge in [-0.15, -0.1) is 0 Å².